The molecule has 128 valence electrons. The molecule has 4 heteroatoms. The minimum absolute atomic E-state index is 0. The Morgan fingerprint density at radius 2 is 0.900 bits per heavy atom. The summed E-state index contributed by atoms with van der Waals surface area (Å²) in [6, 6.07) is 0. The van der Waals surface area contributed by atoms with Crippen molar-refractivity contribution >= 4 is 11.9 Å². The predicted molar refractivity (Wildman–Crippen MR) is 90.3 cm³/mol. The zero-order valence-electron chi connectivity index (χ0n) is 12.0. The van der Waals surface area contributed by atoms with Gasteiger partial charge in [0.05, 0.1) is 11.8 Å². The number of carboxylic acids is 2. The molecule has 0 amide bonds. The minimum Gasteiger partial charge on any atom is -0.481 e. The van der Waals surface area contributed by atoms with Crippen molar-refractivity contribution in [1.29, 1.82) is 0 Å². The number of hydrogen-bond donors (Lipinski definition) is 2. The van der Waals surface area contributed by atoms with Gasteiger partial charge in [0.1, 0.15) is 0 Å². The van der Waals surface area contributed by atoms with Gasteiger partial charge >= 0.3 is 11.9 Å². The summed E-state index contributed by atoms with van der Waals surface area (Å²) in [4.78, 5) is 19.4. The third-order valence-electron chi connectivity index (χ3n) is 1.69. The molecule has 0 heterocycles. The fraction of sp³-hybridized carbons (Fsp3) is 0.875. The van der Waals surface area contributed by atoms with Crippen molar-refractivity contribution in [2.45, 2.75) is 83.1 Å². The first kappa shape index (κ1) is 36.4. The van der Waals surface area contributed by atoms with Gasteiger partial charge in [0.2, 0.25) is 0 Å². The van der Waals surface area contributed by atoms with Crippen molar-refractivity contribution in [3.05, 3.63) is 0 Å². The Balaban J connectivity index is -0.0000000343. The summed E-state index contributed by atoms with van der Waals surface area (Å²) in [7, 11) is 0. The average Bonchev–Trinajstić information content (AvgIpc) is 2.20. The third-order valence-corrected chi connectivity index (χ3v) is 1.69. The van der Waals surface area contributed by atoms with E-state index in [9.17, 15) is 9.59 Å². The van der Waals surface area contributed by atoms with Gasteiger partial charge in [0, 0.05) is 0 Å². The molecule has 0 aliphatic rings. The lowest BCUT2D eigenvalue weighted by Crippen LogP contribution is -2.03. The largest absolute Gasteiger partial charge is 0.481 e. The zero-order chi connectivity index (χ0) is 14.4. The number of hydrogen-bond acceptors (Lipinski definition) is 2. The molecule has 0 bridgehead atoms. The molecule has 0 spiro atoms. The highest BCUT2D eigenvalue weighted by molar-refractivity contribution is 5.69. The van der Waals surface area contributed by atoms with E-state index in [-0.39, 0.29) is 34.1 Å². The third kappa shape index (κ3) is 53.9. The second-order valence-electron chi connectivity index (χ2n) is 4.34. The summed E-state index contributed by atoms with van der Waals surface area (Å²) < 4.78 is 0. The first-order chi connectivity index (χ1) is 7.70. The Labute approximate surface area is 127 Å². The van der Waals surface area contributed by atoms with Crippen LogP contribution in [0.2, 0.25) is 0 Å². The van der Waals surface area contributed by atoms with E-state index in [0.29, 0.717) is 0 Å². The molecule has 0 aliphatic carbocycles. The maximum absolute atomic E-state index is 9.70. The molecule has 0 saturated heterocycles. The second-order valence-corrected chi connectivity index (χ2v) is 4.34. The van der Waals surface area contributed by atoms with E-state index in [1.54, 1.807) is 27.7 Å². The van der Waals surface area contributed by atoms with Gasteiger partial charge in [-0.05, 0) is 0 Å². The molecule has 0 atom stereocenters. The van der Waals surface area contributed by atoms with E-state index < -0.39 is 11.9 Å². The van der Waals surface area contributed by atoms with E-state index in [0.717, 1.165) is 0 Å². The highest BCUT2D eigenvalue weighted by Crippen LogP contribution is 1.88. The average molecular weight is 296 g/mol. The van der Waals surface area contributed by atoms with Crippen molar-refractivity contribution in [2.24, 2.45) is 11.8 Å². The van der Waals surface area contributed by atoms with Gasteiger partial charge in [-0.2, -0.15) is 0 Å². The molecule has 20 heavy (non-hydrogen) atoms. The van der Waals surface area contributed by atoms with Gasteiger partial charge in [-0.15, -0.1) is 0 Å². The summed E-state index contributed by atoms with van der Waals surface area (Å²) in [5.41, 5.74) is 0. The summed E-state index contributed by atoms with van der Waals surface area (Å²) in [6.45, 7) is 11.0. The van der Waals surface area contributed by atoms with E-state index in [1.807, 2.05) is 0 Å². The molecule has 4 nitrogen and oxygen atoms in total. The molecule has 0 rings (SSSR count). The fourth-order valence-electron chi connectivity index (χ4n) is 0.354. The second kappa shape index (κ2) is 26.5. The lowest BCUT2D eigenvalue weighted by atomic mass is 10.2. The molecule has 0 aliphatic heterocycles. The fourth-order valence-corrected chi connectivity index (χ4v) is 0.354. The molecule has 0 saturated carbocycles. The SMILES string of the molecule is C.C.C.CC(C)C(=O)O.CC(C)C(=O)O.CCCCC. The van der Waals surface area contributed by atoms with Crippen molar-refractivity contribution in [2.75, 3.05) is 0 Å². The van der Waals surface area contributed by atoms with Gasteiger partial charge in [-0.25, -0.2) is 0 Å². The normalized spacial score (nSPS) is 7.60. The van der Waals surface area contributed by atoms with Crippen LogP contribution in [-0.2, 0) is 9.59 Å². The van der Waals surface area contributed by atoms with Gasteiger partial charge in [-0.1, -0.05) is 83.1 Å². The Morgan fingerprint density at radius 3 is 0.900 bits per heavy atom. The van der Waals surface area contributed by atoms with E-state index in [4.69, 9.17) is 10.2 Å². The molecule has 0 fully saturated rings. The number of carboxylic acid groups (broad SMARTS) is 2. The van der Waals surface area contributed by atoms with Crippen molar-refractivity contribution in [3.8, 4) is 0 Å². The minimum atomic E-state index is -0.741. The monoisotopic (exact) mass is 296 g/mol. The summed E-state index contributed by atoms with van der Waals surface area (Å²) in [6.07, 6.45) is 4.08. The molecule has 0 radical (unpaired) electrons. The molecule has 0 aromatic carbocycles. The van der Waals surface area contributed by atoms with Crippen LogP contribution in [0.5, 0.6) is 0 Å². The predicted octanol–water partition coefficient (Wildman–Crippen LogP) is 5.56. The van der Waals surface area contributed by atoms with Gasteiger partial charge in [0.15, 0.2) is 0 Å². The lowest BCUT2D eigenvalue weighted by molar-refractivity contribution is -0.141. The molecular weight excluding hydrogens is 256 g/mol. The van der Waals surface area contributed by atoms with Crippen molar-refractivity contribution in [3.63, 3.8) is 0 Å². The molecular formula is C16H40O4. The Morgan fingerprint density at radius 1 is 0.750 bits per heavy atom. The van der Waals surface area contributed by atoms with Crippen LogP contribution in [0.25, 0.3) is 0 Å². The Hall–Kier alpha value is -1.06. The van der Waals surface area contributed by atoms with Crippen LogP contribution >= 0.6 is 0 Å². The summed E-state index contributed by atoms with van der Waals surface area (Å²) in [5, 5.41) is 16.0. The van der Waals surface area contributed by atoms with E-state index in [2.05, 4.69) is 13.8 Å². The van der Waals surface area contributed by atoms with Crippen LogP contribution in [-0.4, -0.2) is 22.2 Å². The Bertz CT molecular complexity index is 167. The first-order valence-electron chi connectivity index (χ1n) is 6.16. The molecule has 0 unspecified atom stereocenters. The smallest absolute Gasteiger partial charge is 0.305 e. The van der Waals surface area contributed by atoms with Crippen LogP contribution in [0.3, 0.4) is 0 Å². The Kier molecular flexibility index (Phi) is 48.2. The van der Waals surface area contributed by atoms with E-state index >= 15 is 0 Å². The molecule has 2 N–H and O–H groups in total. The lowest BCUT2D eigenvalue weighted by Gasteiger charge is -1.89. The number of carbonyl (C=O) groups is 2. The van der Waals surface area contributed by atoms with Crippen LogP contribution in [0, 0.1) is 11.8 Å². The number of aliphatic carboxylic acids is 2. The standard InChI is InChI=1S/C5H12.2C4H8O2.3CH4/c1-3-5-4-2;2*1-3(2)4(5)6;;;/h3-5H2,1-2H3;2*3H,1-2H3,(H,5,6);3*1H4. The number of rotatable bonds is 4. The summed E-state index contributed by atoms with van der Waals surface area (Å²) >= 11 is 0. The van der Waals surface area contributed by atoms with Gasteiger partial charge in [-0.3, -0.25) is 9.59 Å². The highest BCUT2D eigenvalue weighted by atomic mass is 16.4. The van der Waals surface area contributed by atoms with Crippen LogP contribution in [0.4, 0.5) is 0 Å². The topological polar surface area (TPSA) is 74.6 Å². The maximum Gasteiger partial charge on any atom is 0.305 e. The van der Waals surface area contributed by atoms with Gasteiger partial charge in [0.25, 0.3) is 0 Å². The van der Waals surface area contributed by atoms with Crippen molar-refractivity contribution in [1.82, 2.24) is 0 Å². The first-order valence-corrected chi connectivity index (χ1v) is 6.16. The van der Waals surface area contributed by atoms with Gasteiger partial charge < -0.3 is 10.2 Å². The quantitative estimate of drug-likeness (QED) is 0.712. The maximum atomic E-state index is 9.70. The molecule has 0 aromatic heterocycles. The van der Waals surface area contributed by atoms with Crippen molar-refractivity contribution < 1.29 is 19.8 Å². The van der Waals surface area contributed by atoms with Crippen LogP contribution in [0.15, 0.2) is 0 Å². The number of unbranched alkanes of at least 4 members (excludes halogenated alkanes) is 2. The highest BCUT2D eigenvalue weighted by Gasteiger charge is 1.99. The zero-order valence-corrected chi connectivity index (χ0v) is 12.0. The summed E-state index contributed by atoms with van der Waals surface area (Å²) in [5.74, 6) is -1.94. The van der Waals surface area contributed by atoms with Crippen LogP contribution in [0.1, 0.15) is 83.1 Å². The molecule has 0 aromatic rings. The van der Waals surface area contributed by atoms with E-state index in [1.165, 1.54) is 19.3 Å². The van der Waals surface area contributed by atoms with Crippen LogP contribution < -0.4 is 0 Å².